The van der Waals surface area contributed by atoms with Gasteiger partial charge in [0.05, 0.1) is 5.69 Å². The predicted octanol–water partition coefficient (Wildman–Crippen LogP) is 8.92. The summed E-state index contributed by atoms with van der Waals surface area (Å²) in [5.41, 5.74) is 8.76. The number of nitrogens with one attached hydrogen (secondary N) is 1. The highest BCUT2D eigenvalue weighted by molar-refractivity contribution is 6.30. The van der Waals surface area contributed by atoms with Crippen molar-refractivity contribution in [3.8, 4) is 11.1 Å². The van der Waals surface area contributed by atoms with E-state index in [1.54, 1.807) is 0 Å². The standard InChI is InChI=1S/C30H45ClN4O/c1-3-5-6-7-8-9-10-11-12-13-14-15-16-17-18-19-27(36)34-30-33-26(4-2)28(29(32)35-30)24-20-22-25(31)23-21-24/h11-12,20-23H,3-10,13-19H2,1-2H3,(H3,32,33,34,35,36)/b12-11+. The molecule has 0 spiro atoms. The SMILES string of the molecule is CCCCCCCC/C=C/CCCCCCCC(=O)Nc1nc(N)c(-c2ccc(Cl)cc2)c(CC)n1. The number of aryl methyl sites for hydroxylation is 1. The summed E-state index contributed by atoms with van der Waals surface area (Å²) in [5.74, 6) is 0.577. The van der Waals surface area contributed by atoms with Crippen LogP contribution in [0.5, 0.6) is 0 Å². The van der Waals surface area contributed by atoms with Gasteiger partial charge in [-0.3, -0.25) is 10.1 Å². The lowest BCUT2D eigenvalue weighted by Crippen LogP contribution is -2.15. The third kappa shape index (κ3) is 11.6. The van der Waals surface area contributed by atoms with E-state index in [0.29, 0.717) is 23.7 Å². The number of carbonyl (C=O) groups is 1. The Balaban J connectivity index is 1.61. The second-order valence-electron chi connectivity index (χ2n) is 9.50. The third-order valence-electron chi connectivity index (χ3n) is 6.40. The summed E-state index contributed by atoms with van der Waals surface area (Å²) in [4.78, 5) is 21.3. The Morgan fingerprint density at radius 2 is 1.44 bits per heavy atom. The minimum absolute atomic E-state index is 0.0617. The Morgan fingerprint density at radius 3 is 2.06 bits per heavy atom. The lowest BCUT2D eigenvalue weighted by molar-refractivity contribution is -0.116. The lowest BCUT2D eigenvalue weighted by Gasteiger charge is -2.13. The van der Waals surface area contributed by atoms with E-state index in [1.807, 2.05) is 31.2 Å². The van der Waals surface area contributed by atoms with E-state index >= 15 is 0 Å². The van der Waals surface area contributed by atoms with Crippen molar-refractivity contribution in [3.05, 3.63) is 47.1 Å². The van der Waals surface area contributed by atoms with Crippen LogP contribution < -0.4 is 11.1 Å². The number of nitrogen functional groups attached to an aromatic ring is 1. The molecule has 0 atom stereocenters. The first-order valence-corrected chi connectivity index (χ1v) is 14.3. The van der Waals surface area contributed by atoms with Crippen molar-refractivity contribution in [2.75, 3.05) is 11.1 Å². The molecule has 0 fully saturated rings. The number of allylic oxidation sites excluding steroid dienone is 2. The van der Waals surface area contributed by atoms with Crippen LogP contribution in [0.25, 0.3) is 11.1 Å². The van der Waals surface area contributed by atoms with Gasteiger partial charge in [-0.05, 0) is 56.2 Å². The smallest absolute Gasteiger partial charge is 0.231 e. The van der Waals surface area contributed by atoms with Crippen LogP contribution >= 0.6 is 11.6 Å². The van der Waals surface area contributed by atoms with Crippen LogP contribution in [0.1, 0.15) is 109 Å². The van der Waals surface area contributed by atoms with Crippen molar-refractivity contribution in [3.63, 3.8) is 0 Å². The zero-order chi connectivity index (χ0) is 26.0. The first kappa shape index (κ1) is 29.8. The number of benzene rings is 1. The van der Waals surface area contributed by atoms with Crippen LogP contribution in [-0.4, -0.2) is 15.9 Å². The maximum absolute atomic E-state index is 12.4. The fourth-order valence-electron chi connectivity index (χ4n) is 4.31. The van der Waals surface area contributed by atoms with Crippen molar-refractivity contribution in [2.45, 2.75) is 110 Å². The van der Waals surface area contributed by atoms with E-state index in [0.717, 1.165) is 36.1 Å². The molecule has 2 aromatic rings. The number of hydrogen-bond acceptors (Lipinski definition) is 4. The van der Waals surface area contributed by atoms with Gasteiger partial charge in [0.2, 0.25) is 11.9 Å². The van der Waals surface area contributed by atoms with Crippen molar-refractivity contribution in [1.82, 2.24) is 9.97 Å². The monoisotopic (exact) mass is 512 g/mol. The van der Waals surface area contributed by atoms with Gasteiger partial charge in [-0.1, -0.05) is 101 Å². The van der Waals surface area contributed by atoms with Gasteiger partial charge < -0.3 is 5.73 Å². The highest BCUT2D eigenvalue weighted by Gasteiger charge is 2.14. The topological polar surface area (TPSA) is 80.9 Å². The van der Waals surface area contributed by atoms with Gasteiger partial charge in [0.1, 0.15) is 5.82 Å². The number of rotatable bonds is 18. The molecule has 0 aliphatic heterocycles. The lowest BCUT2D eigenvalue weighted by atomic mass is 10.0. The number of nitrogens with two attached hydrogens (primary N) is 1. The molecule has 3 N–H and O–H groups in total. The highest BCUT2D eigenvalue weighted by atomic mass is 35.5. The van der Waals surface area contributed by atoms with Crippen LogP contribution in [0.2, 0.25) is 5.02 Å². The summed E-state index contributed by atoms with van der Waals surface area (Å²) in [5, 5.41) is 3.49. The molecule has 0 bridgehead atoms. The average Bonchev–Trinajstić information content (AvgIpc) is 2.86. The Labute approximate surface area is 223 Å². The number of aromatic nitrogens is 2. The molecule has 0 aliphatic carbocycles. The number of carbonyl (C=O) groups excluding carboxylic acids is 1. The Kier molecular flexibility index (Phi) is 14.9. The summed E-state index contributed by atoms with van der Waals surface area (Å²) in [6.07, 6.45) is 22.0. The molecule has 0 unspecified atom stereocenters. The van der Waals surface area contributed by atoms with Gasteiger partial charge in [0, 0.05) is 17.0 Å². The first-order valence-electron chi connectivity index (χ1n) is 13.9. The molecule has 0 saturated carbocycles. The summed E-state index contributed by atoms with van der Waals surface area (Å²) >= 11 is 6.00. The molecule has 198 valence electrons. The highest BCUT2D eigenvalue weighted by Crippen LogP contribution is 2.30. The second kappa shape index (κ2) is 17.9. The van der Waals surface area contributed by atoms with Crippen molar-refractivity contribution in [2.24, 2.45) is 0 Å². The molecule has 6 heteroatoms. The van der Waals surface area contributed by atoms with Gasteiger partial charge in [0.15, 0.2) is 0 Å². The van der Waals surface area contributed by atoms with Gasteiger partial charge in [-0.25, -0.2) is 4.98 Å². The van der Waals surface area contributed by atoms with Crippen LogP contribution in [0.4, 0.5) is 11.8 Å². The molecule has 1 aromatic heterocycles. The fourth-order valence-corrected chi connectivity index (χ4v) is 4.44. The van der Waals surface area contributed by atoms with Crippen LogP contribution in [0.3, 0.4) is 0 Å². The summed E-state index contributed by atoms with van der Waals surface area (Å²) < 4.78 is 0. The molecule has 0 radical (unpaired) electrons. The second-order valence-corrected chi connectivity index (χ2v) is 9.93. The van der Waals surface area contributed by atoms with E-state index in [1.165, 1.54) is 64.2 Å². The van der Waals surface area contributed by atoms with E-state index < -0.39 is 0 Å². The quantitative estimate of drug-likeness (QED) is 0.154. The summed E-state index contributed by atoms with van der Waals surface area (Å²) in [6, 6.07) is 7.45. The van der Waals surface area contributed by atoms with Crippen molar-refractivity contribution >= 4 is 29.3 Å². The largest absolute Gasteiger partial charge is 0.383 e. The Bertz CT molecular complexity index is 927. The molecule has 1 aromatic carbocycles. The van der Waals surface area contributed by atoms with Crippen LogP contribution in [0.15, 0.2) is 36.4 Å². The predicted molar refractivity (Wildman–Crippen MR) is 154 cm³/mol. The molecule has 1 amide bonds. The van der Waals surface area contributed by atoms with Gasteiger partial charge >= 0.3 is 0 Å². The minimum atomic E-state index is -0.0617. The molecule has 0 saturated heterocycles. The van der Waals surface area contributed by atoms with Gasteiger partial charge in [-0.15, -0.1) is 0 Å². The summed E-state index contributed by atoms with van der Waals surface area (Å²) in [6.45, 7) is 4.27. The third-order valence-corrected chi connectivity index (χ3v) is 6.65. The zero-order valence-electron chi connectivity index (χ0n) is 22.3. The fraction of sp³-hybridized carbons (Fsp3) is 0.567. The number of halogens is 1. The van der Waals surface area contributed by atoms with Crippen molar-refractivity contribution in [1.29, 1.82) is 0 Å². The van der Waals surface area contributed by atoms with Crippen molar-refractivity contribution < 1.29 is 4.79 Å². The molecule has 2 rings (SSSR count). The van der Waals surface area contributed by atoms with E-state index in [9.17, 15) is 4.79 Å². The van der Waals surface area contributed by atoms with Crippen LogP contribution in [-0.2, 0) is 11.2 Å². The Hall–Kier alpha value is -2.40. The summed E-state index contributed by atoms with van der Waals surface area (Å²) in [7, 11) is 0. The average molecular weight is 513 g/mol. The molecule has 5 nitrogen and oxygen atoms in total. The van der Waals surface area contributed by atoms with E-state index in [4.69, 9.17) is 17.3 Å². The number of nitrogens with zero attached hydrogens (tertiary/aromatic N) is 2. The zero-order valence-corrected chi connectivity index (χ0v) is 23.1. The molecular weight excluding hydrogens is 468 g/mol. The first-order chi connectivity index (χ1) is 17.5. The number of anilines is 2. The molecule has 0 aliphatic rings. The van der Waals surface area contributed by atoms with Gasteiger partial charge in [0.25, 0.3) is 0 Å². The molecule has 1 heterocycles. The van der Waals surface area contributed by atoms with Crippen LogP contribution in [0, 0.1) is 0 Å². The van der Waals surface area contributed by atoms with E-state index in [-0.39, 0.29) is 11.9 Å². The van der Waals surface area contributed by atoms with Gasteiger partial charge in [-0.2, -0.15) is 4.98 Å². The molecular formula is C30H45ClN4O. The number of unbranched alkanes of at least 4 members (excludes halogenated alkanes) is 11. The molecule has 36 heavy (non-hydrogen) atoms. The maximum atomic E-state index is 12.4. The maximum Gasteiger partial charge on any atom is 0.231 e. The number of amides is 1. The van der Waals surface area contributed by atoms with E-state index in [2.05, 4.69) is 34.4 Å². The minimum Gasteiger partial charge on any atom is -0.383 e. The normalized spacial score (nSPS) is 11.3. The Morgan fingerprint density at radius 1 is 0.861 bits per heavy atom. The number of hydrogen-bond donors (Lipinski definition) is 2.